The van der Waals surface area contributed by atoms with Crippen LogP contribution in [-0.4, -0.2) is 17.9 Å². The van der Waals surface area contributed by atoms with E-state index in [-0.39, 0.29) is 17.9 Å². The molecule has 7 heteroatoms. The van der Waals surface area contributed by atoms with E-state index in [1.165, 1.54) is 0 Å². The van der Waals surface area contributed by atoms with Crippen LogP contribution in [0.15, 0.2) is 66.7 Å². The monoisotopic (exact) mass is 441 g/mol. The number of hydrogen-bond acceptors (Lipinski definition) is 5. The van der Waals surface area contributed by atoms with Crippen LogP contribution in [0.1, 0.15) is 39.9 Å². The average molecular weight is 441 g/mol. The molecule has 0 radical (unpaired) electrons. The van der Waals surface area contributed by atoms with Crippen molar-refractivity contribution in [3.05, 3.63) is 89.0 Å². The number of carbonyl (C=O) groups is 2. The second kappa shape index (κ2) is 8.80. The first-order chi connectivity index (χ1) is 16.1. The third-order valence-electron chi connectivity index (χ3n) is 5.58. The third-order valence-corrected chi connectivity index (χ3v) is 5.58. The van der Waals surface area contributed by atoms with E-state index in [1.807, 2.05) is 42.5 Å². The van der Waals surface area contributed by atoms with E-state index in [2.05, 4.69) is 10.6 Å². The zero-order chi connectivity index (χ0) is 22.8. The van der Waals surface area contributed by atoms with Gasteiger partial charge in [-0.15, -0.1) is 0 Å². The van der Waals surface area contributed by atoms with Gasteiger partial charge in [-0.05, 0) is 66.4 Å². The first kappa shape index (κ1) is 20.8. The van der Waals surface area contributed by atoms with Crippen LogP contribution >= 0.6 is 0 Å². The summed E-state index contributed by atoms with van der Waals surface area (Å²) in [7, 11) is 0. The van der Waals surface area contributed by atoms with Gasteiger partial charge in [0.05, 0.1) is 11.4 Å². The molecule has 0 unspecified atom stereocenters. The molecule has 3 aromatic rings. The van der Waals surface area contributed by atoms with Crippen molar-refractivity contribution >= 4 is 34.8 Å². The van der Waals surface area contributed by atoms with Crippen LogP contribution in [0.25, 0.3) is 11.6 Å². The van der Waals surface area contributed by atoms with E-state index in [0.29, 0.717) is 34.9 Å². The molecule has 1 fully saturated rings. The summed E-state index contributed by atoms with van der Waals surface area (Å²) in [5.74, 6) is 0.280. The van der Waals surface area contributed by atoms with Crippen molar-refractivity contribution in [1.82, 2.24) is 5.32 Å². The van der Waals surface area contributed by atoms with Crippen molar-refractivity contribution in [1.29, 1.82) is 0 Å². The van der Waals surface area contributed by atoms with Gasteiger partial charge >= 0.3 is 0 Å². The van der Waals surface area contributed by atoms with Gasteiger partial charge in [0.25, 0.3) is 11.8 Å². The van der Waals surface area contributed by atoms with Gasteiger partial charge in [-0.3, -0.25) is 9.59 Å². The highest BCUT2D eigenvalue weighted by molar-refractivity contribution is 6.24. The van der Waals surface area contributed by atoms with E-state index in [9.17, 15) is 9.59 Å². The summed E-state index contributed by atoms with van der Waals surface area (Å²) in [6.45, 7) is 0.344. The lowest BCUT2D eigenvalue weighted by Gasteiger charge is -2.11. The van der Waals surface area contributed by atoms with Crippen LogP contribution in [0.5, 0.6) is 5.75 Å². The number of nitrogens with one attached hydrogen (secondary N) is 2. The molecule has 5 rings (SSSR count). The molecule has 33 heavy (non-hydrogen) atoms. The minimum Gasteiger partial charge on any atom is -0.397 e. The molecule has 3 aromatic carbocycles. The summed E-state index contributed by atoms with van der Waals surface area (Å²) >= 11 is 0. The molecule has 2 aliphatic rings. The van der Waals surface area contributed by atoms with Crippen LogP contribution in [0.4, 0.5) is 11.4 Å². The average Bonchev–Trinajstić information content (AvgIpc) is 3.51. The molecule has 1 aliphatic heterocycles. The van der Waals surface area contributed by atoms with Crippen LogP contribution in [0.3, 0.4) is 0 Å². The maximum atomic E-state index is 13.0. The van der Waals surface area contributed by atoms with Gasteiger partial charge in [-0.2, -0.15) is 4.89 Å². The Balaban J connectivity index is 1.39. The SMILES string of the molecule is Nc1ccccc1NC(=O)c1ccc(C=C(C(=O)NC2CC2)c2ccc3c(c2)COO3)cc1. The lowest BCUT2D eigenvalue weighted by molar-refractivity contribution is -0.194. The molecule has 0 aromatic heterocycles. The van der Waals surface area contributed by atoms with Crippen LogP contribution in [0.2, 0.25) is 0 Å². The maximum absolute atomic E-state index is 13.0. The molecule has 0 bridgehead atoms. The number of rotatable bonds is 6. The van der Waals surface area contributed by atoms with Crippen molar-refractivity contribution in [2.75, 3.05) is 11.1 Å². The Hall–Kier alpha value is -4.10. The normalized spacial score (nSPS) is 14.8. The summed E-state index contributed by atoms with van der Waals surface area (Å²) < 4.78 is 0. The second-order valence-corrected chi connectivity index (χ2v) is 8.14. The highest BCUT2D eigenvalue weighted by Gasteiger charge is 2.26. The van der Waals surface area contributed by atoms with Crippen molar-refractivity contribution in [2.45, 2.75) is 25.5 Å². The van der Waals surface area contributed by atoms with Gasteiger partial charge in [0.15, 0.2) is 5.75 Å². The Morgan fingerprint density at radius 2 is 1.73 bits per heavy atom. The van der Waals surface area contributed by atoms with E-state index in [0.717, 1.165) is 29.5 Å². The minimum atomic E-state index is -0.256. The molecule has 0 atom stereocenters. The highest BCUT2D eigenvalue weighted by Crippen LogP contribution is 2.31. The molecular weight excluding hydrogens is 418 g/mol. The molecule has 2 amide bonds. The quantitative estimate of drug-likeness (QED) is 0.231. The topological polar surface area (TPSA) is 103 Å². The van der Waals surface area contributed by atoms with Crippen molar-refractivity contribution in [3.63, 3.8) is 0 Å². The number of fused-ring (bicyclic) bond motifs is 1. The van der Waals surface area contributed by atoms with Crippen molar-refractivity contribution in [2.24, 2.45) is 0 Å². The largest absolute Gasteiger partial charge is 0.397 e. The van der Waals surface area contributed by atoms with E-state index in [1.54, 1.807) is 30.3 Å². The van der Waals surface area contributed by atoms with E-state index in [4.69, 9.17) is 15.5 Å². The van der Waals surface area contributed by atoms with Gasteiger partial charge in [-0.25, -0.2) is 0 Å². The molecule has 166 valence electrons. The van der Waals surface area contributed by atoms with E-state index < -0.39 is 0 Å². The number of amides is 2. The molecule has 0 spiro atoms. The van der Waals surface area contributed by atoms with Crippen LogP contribution in [0, 0.1) is 0 Å². The van der Waals surface area contributed by atoms with Gasteiger partial charge in [0.1, 0.15) is 6.61 Å². The first-order valence-corrected chi connectivity index (χ1v) is 10.8. The molecule has 1 heterocycles. The molecular formula is C26H23N3O4. The van der Waals surface area contributed by atoms with Gasteiger partial charge < -0.3 is 21.3 Å². The first-order valence-electron chi connectivity index (χ1n) is 10.8. The summed E-state index contributed by atoms with van der Waals surface area (Å²) in [4.78, 5) is 35.7. The Labute approximate surface area is 191 Å². The third kappa shape index (κ3) is 4.73. The van der Waals surface area contributed by atoms with Crippen molar-refractivity contribution < 1.29 is 19.4 Å². The fraction of sp³-hybridized carbons (Fsp3) is 0.154. The Kier molecular flexibility index (Phi) is 5.54. The fourth-order valence-electron chi connectivity index (χ4n) is 3.57. The van der Waals surface area contributed by atoms with E-state index >= 15 is 0 Å². The number of nitrogens with two attached hydrogens (primary N) is 1. The smallest absolute Gasteiger partial charge is 0.255 e. The molecule has 1 saturated carbocycles. The highest BCUT2D eigenvalue weighted by atomic mass is 17.2. The number of anilines is 2. The van der Waals surface area contributed by atoms with Gasteiger partial charge in [0.2, 0.25) is 0 Å². The molecule has 0 saturated heterocycles. The number of nitrogen functional groups attached to an aromatic ring is 1. The Morgan fingerprint density at radius 3 is 2.48 bits per heavy atom. The van der Waals surface area contributed by atoms with Crippen LogP contribution in [-0.2, 0) is 16.3 Å². The standard InChI is InChI=1S/C26H23N3O4/c27-22-3-1-2-4-23(22)29-25(30)17-7-5-16(6-8-17)13-21(26(31)28-20-10-11-20)18-9-12-24-19(14-18)15-32-33-24/h1-9,12-14,20H,10-11,15,27H2,(H,28,31)(H,29,30). The summed E-state index contributed by atoms with van der Waals surface area (Å²) in [6.07, 6.45) is 3.83. The summed E-state index contributed by atoms with van der Waals surface area (Å²) in [5, 5.41) is 5.87. The molecule has 1 aliphatic carbocycles. The number of para-hydroxylation sites is 2. The molecule has 7 nitrogen and oxygen atoms in total. The number of carbonyl (C=O) groups excluding carboxylic acids is 2. The predicted molar refractivity (Wildman–Crippen MR) is 126 cm³/mol. The summed E-state index contributed by atoms with van der Waals surface area (Å²) in [5.41, 5.74) is 10.5. The maximum Gasteiger partial charge on any atom is 0.255 e. The Morgan fingerprint density at radius 1 is 0.970 bits per heavy atom. The van der Waals surface area contributed by atoms with Gasteiger partial charge in [0, 0.05) is 22.7 Å². The number of benzene rings is 3. The number of hydrogen-bond donors (Lipinski definition) is 3. The predicted octanol–water partition coefficient (Wildman–Crippen LogP) is 4.16. The lowest BCUT2D eigenvalue weighted by atomic mass is 9.99. The summed E-state index contributed by atoms with van der Waals surface area (Å²) in [6, 6.07) is 20.0. The fourth-order valence-corrected chi connectivity index (χ4v) is 3.57. The van der Waals surface area contributed by atoms with Gasteiger partial charge in [-0.1, -0.05) is 30.3 Å². The lowest BCUT2D eigenvalue weighted by Crippen LogP contribution is -2.26. The zero-order valence-corrected chi connectivity index (χ0v) is 17.8. The van der Waals surface area contributed by atoms with Crippen molar-refractivity contribution in [3.8, 4) is 5.75 Å². The Bertz CT molecular complexity index is 1250. The molecule has 4 N–H and O–H groups in total. The second-order valence-electron chi connectivity index (χ2n) is 8.14. The van der Waals surface area contributed by atoms with Crippen LogP contribution < -0.4 is 21.3 Å². The minimum absolute atomic E-state index is 0.126. The zero-order valence-electron chi connectivity index (χ0n) is 17.8.